The number of sulfonamides is 1. The molecule has 0 fully saturated rings. The van der Waals surface area contributed by atoms with Crippen molar-refractivity contribution in [2.75, 3.05) is 0 Å². The lowest BCUT2D eigenvalue weighted by Crippen LogP contribution is -2.38. The lowest BCUT2D eigenvalue weighted by Gasteiger charge is -2.22. The van der Waals surface area contributed by atoms with Gasteiger partial charge in [0.15, 0.2) is 5.03 Å². The van der Waals surface area contributed by atoms with Gasteiger partial charge in [-0.3, -0.25) is 0 Å². The van der Waals surface area contributed by atoms with Crippen LogP contribution in [0.2, 0.25) is 0 Å². The van der Waals surface area contributed by atoms with Gasteiger partial charge in [-0.2, -0.15) is 0 Å². The van der Waals surface area contributed by atoms with E-state index in [1.807, 2.05) is 20.8 Å². The number of aromatic carboxylic acids is 1. The van der Waals surface area contributed by atoms with E-state index in [-0.39, 0.29) is 22.5 Å². The number of carboxylic acids is 1. The van der Waals surface area contributed by atoms with Crippen molar-refractivity contribution in [3.8, 4) is 0 Å². The standard InChI is InChI=1S/C13H20N2O4S/c1-4-10(5-2)9(3)15-20(18,19)12-7-6-11(8-14-12)13(16)17/h6-10,15H,4-5H2,1-3H3,(H,16,17). The maximum atomic E-state index is 12.1. The first-order valence-electron chi connectivity index (χ1n) is 6.53. The molecule has 7 heteroatoms. The lowest BCUT2D eigenvalue weighted by molar-refractivity contribution is 0.0696. The van der Waals surface area contributed by atoms with E-state index < -0.39 is 16.0 Å². The highest BCUT2D eigenvalue weighted by Gasteiger charge is 2.23. The zero-order valence-electron chi connectivity index (χ0n) is 11.8. The number of hydrogen-bond donors (Lipinski definition) is 2. The van der Waals surface area contributed by atoms with Crippen LogP contribution in [0.1, 0.15) is 44.0 Å². The van der Waals surface area contributed by atoms with Gasteiger partial charge < -0.3 is 5.11 Å². The number of pyridine rings is 1. The Labute approximate surface area is 119 Å². The summed E-state index contributed by atoms with van der Waals surface area (Å²) in [4.78, 5) is 14.4. The predicted molar refractivity (Wildman–Crippen MR) is 75.1 cm³/mol. The van der Waals surface area contributed by atoms with E-state index in [0.29, 0.717) is 0 Å². The summed E-state index contributed by atoms with van der Waals surface area (Å²) in [6.07, 6.45) is 2.80. The summed E-state index contributed by atoms with van der Waals surface area (Å²) in [7, 11) is -3.72. The van der Waals surface area contributed by atoms with Crippen molar-refractivity contribution in [2.24, 2.45) is 5.92 Å². The Morgan fingerprint density at radius 2 is 1.95 bits per heavy atom. The second kappa shape index (κ2) is 6.81. The van der Waals surface area contributed by atoms with E-state index in [9.17, 15) is 13.2 Å². The predicted octanol–water partition coefficient (Wildman–Crippen LogP) is 1.88. The third kappa shape index (κ3) is 4.01. The molecule has 6 nitrogen and oxygen atoms in total. The number of rotatable bonds is 7. The number of aromatic nitrogens is 1. The molecule has 1 unspecified atom stereocenters. The molecule has 0 spiro atoms. The molecule has 0 aliphatic carbocycles. The fourth-order valence-corrected chi connectivity index (χ4v) is 3.30. The summed E-state index contributed by atoms with van der Waals surface area (Å²) in [5.41, 5.74) is -0.0445. The largest absolute Gasteiger partial charge is 0.478 e. The van der Waals surface area contributed by atoms with Gasteiger partial charge in [0.1, 0.15) is 0 Å². The minimum absolute atomic E-state index is 0.0445. The maximum absolute atomic E-state index is 12.1. The van der Waals surface area contributed by atoms with Gasteiger partial charge >= 0.3 is 5.97 Å². The van der Waals surface area contributed by atoms with Crippen LogP contribution in [0.25, 0.3) is 0 Å². The fourth-order valence-electron chi connectivity index (χ4n) is 2.06. The molecule has 0 saturated carbocycles. The van der Waals surface area contributed by atoms with Gasteiger partial charge in [-0.15, -0.1) is 0 Å². The van der Waals surface area contributed by atoms with Crippen LogP contribution in [0.15, 0.2) is 23.4 Å². The molecule has 0 aromatic carbocycles. The molecule has 0 aliphatic heterocycles. The Kier molecular flexibility index (Phi) is 5.64. The van der Waals surface area contributed by atoms with Crippen LogP contribution in [0.5, 0.6) is 0 Å². The smallest absolute Gasteiger partial charge is 0.337 e. The van der Waals surface area contributed by atoms with Gasteiger partial charge in [0.25, 0.3) is 10.0 Å². The zero-order chi connectivity index (χ0) is 15.3. The zero-order valence-corrected chi connectivity index (χ0v) is 12.6. The highest BCUT2D eigenvalue weighted by atomic mass is 32.2. The van der Waals surface area contributed by atoms with Crippen molar-refractivity contribution >= 4 is 16.0 Å². The summed E-state index contributed by atoms with van der Waals surface area (Å²) in [6.45, 7) is 5.85. The van der Waals surface area contributed by atoms with Crippen LogP contribution >= 0.6 is 0 Å². The molecule has 20 heavy (non-hydrogen) atoms. The number of nitrogens with one attached hydrogen (secondary N) is 1. The van der Waals surface area contributed by atoms with Crippen LogP contribution in [0.3, 0.4) is 0 Å². The molecule has 112 valence electrons. The Morgan fingerprint density at radius 3 is 2.35 bits per heavy atom. The molecule has 0 bridgehead atoms. The van der Waals surface area contributed by atoms with Crippen molar-refractivity contribution < 1.29 is 18.3 Å². The SMILES string of the molecule is CCC(CC)C(C)NS(=O)(=O)c1ccc(C(=O)O)cn1. The molecule has 2 N–H and O–H groups in total. The minimum Gasteiger partial charge on any atom is -0.478 e. The molecular formula is C13H20N2O4S. The number of carbonyl (C=O) groups is 1. The van der Waals surface area contributed by atoms with Gasteiger partial charge in [0.2, 0.25) is 0 Å². The second-order valence-corrected chi connectivity index (χ2v) is 6.34. The third-order valence-electron chi connectivity index (χ3n) is 3.36. The normalized spacial score (nSPS) is 13.4. The minimum atomic E-state index is -3.72. The number of nitrogens with zero attached hydrogens (tertiary/aromatic N) is 1. The summed E-state index contributed by atoms with van der Waals surface area (Å²) in [5, 5.41) is 8.59. The summed E-state index contributed by atoms with van der Waals surface area (Å²) in [6, 6.07) is 2.23. The Bertz CT molecular complexity index is 550. The van der Waals surface area contributed by atoms with Gasteiger partial charge in [0.05, 0.1) is 5.56 Å². The van der Waals surface area contributed by atoms with Gasteiger partial charge in [-0.05, 0) is 25.0 Å². The topological polar surface area (TPSA) is 96.4 Å². The molecule has 1 aromatic rings. The Morgan fingerprint density at radius 1 is 1.35 bits per heavy atom. The van der Waals surface area contributed by atoms with E-state index >= 15 is 0 Å². The first-order chi connectivity index (χ1) is 9.31. The monoisotopic (exact) mass is 300 g/mol. The van der Waals surface area contributed by atoms with Crippen molar-refractivity contribution in [1.82, 2.24) is 9.71 Å². The van der Waals surface area contributed by atoms with E-state index in [2.05, 4.69) is 9.71 Å². The first-order valence-corrected chi connectivity index (χ1v) is 8.01. The molecule has 1 atom stereocenters. The fraction of sp³-hybridized carbons (Fsp3) is 0.538. The molecule has 0 aliphatic rings. The van der Waals surface area contributed by atoms with Crippen LogP contribution in [0.4, 0.5) is 0 Å². The van der Waals surface area contributed by atoms with Crippen LogP contribution in [-0.4, -0.2) is 30.5 Å². The number of carboxylic acid groups (broad SMARTS) is 1. The van der Waals surface area contributed by atoms with Gasteiger partial charge in [-0.1, -0.05) is 26.7 Å². The Balaban J connectivity index is 2.91. The summed E-state index contributed by atoms with van der Waals surface area (Å²) < 4.78 is 26.9. The molecule has 1 heterocycles. The highest BCUT2D eigenvalue weighted by Crippen LogP contribution is 2.15. The molecule has 1 aromatic heterocycles. The maximum Gasteiger partial charge on any atom is 0.337 e. The van der Waals surface area contributed by atoms with Crippen molar-refractivity contribution in [1.29, 1.82) is 0 Å². The van der Waals surface area contributed by atoms with Crippen molar-refractivity contribution in [3.63, 3.8) is 0 Å². The van der Waals surface area contributed by atoms with E-state index in [0.717, 1.165) is 19.0 Å². The van der Waals surface area contributed by atoms with Crippen molar-refractivity contribution in [3.05, 3.63) is 23.9 Å². The summed E-state index contributed by atoms with van der Waals surface area (Å²) in [5.74, 6) is -0.886. The number of hydrogen-bond acceptors (Lipinski definition) is 4. The first kappa shape index (κ1) is 16.6. The average molecular weight is 300 g/mol. The quantitative estimate of drug-likeness (QED) is 0.801. The second-order valence-electron chi connectivity index (χ2n) is 4.68. The molecule has 1 rings (SSSR count). The van der Waals surface area contributed by atoms with Gasteiger partial charge in [-0.25, -0.2) is 22.9 Å². The highest BCUT2D eigenvalue weighted by molar-refractivity contribution is 7.89. The molecule has 0 radical (unpaired) electrons. The van der Waals surface area contributed by atoms with E-state index in [1.165, 1.54) is 12.1 Å². The molecular weight excluding hydrogens is 280 g/mol. The third-order valence-corrected chi connectivity index (χ3v) is 4.83. The van der Waals surface area contributed by atoms with Gasteiger partial charge in [0, 0.05) is 12.2 Å². The van der Waals surface area contributed by atoms with Crippen LogP contribution in [-0.2, 0) is 10.0 Å². The lowest BCUT2D eigenvalue weighted by atomic mass is 9.96. The van der Waals surface area contributed by atoms with Crippen molar-refractivity contribution in [2.45, 2.75) is 44.7 Å². The molecule has 0 saturated heterocycles. The molecule has 0 amide bonds. The Hall–Kier alpha value is -1.47. The summed E-state index contributed by atoms with van der Waals surface area (Å²) >= 11 is 0. The van der Waals surface area contributed by atoms with E-state index in [1.54, 1.807) is 0 Å². The average Bonchev–Trinajstić information content (AvgIpc) is 2.39. The van der Waals surface area contributed by atoms with E-state index in [4.69, 9.17) is 5.11 Å². The van der Waals surface area contributed by atoms with Crippen LogP contribution < -0.4 is 4.72 Å². The van der Waals surface area contributed by atoms with Crippen LogP contribution in [0, 0.1) is 5.92 Å².